The SMILES string of the molecule is Cc1nc2c(c(Nc3ccc(C#N)cc3F)n1)CN(Cc1nnc(-c3ccccc3)o1)CC2. The summed E-state index contributed by atoms with van der Waals surface area (Å²) in [5.41, 5.74) is 3.24. The molecule has 0 aliphatic carbocycles. The molecule has 2 aromatic carbocycles. The summed E-state index contributed by atoms with van der Waals surface area (Å²) in [5, 5.41) is 20.4. The van der Waals surface area contributed by atoms with Crippen molar-refractivity contribution in [3.8, 4) is 17.5 Å². The van der Waals surface area contributed by atoms with E-state index in [2.05, 4.69) is 30.4 Å². The van der Waals surface area contributed by atoms with Gasteiger partial charge in [0, 0.05) is 30.6 Å². The highest BCUT2D eigenvalue weighted by Gasteiger charge is 2.24. The van der Waals surface area contributed by atoms with Gasteiger partial charge in [-0.3, -0.25) is 4.90 Å². The molecule has 0 fully saturated rings. The van der Waals surface area contributed by atoms with Crippen LogP contribution in [0.25, 0.3) is 11.5 Å². The first-order valence-electron chi connectivity index (χ1n) is 10.5. The van der Waals surface area contributed by atoms with Crippen molar-refractivity contribution in [2.75, 3.05) is 11.9 Å². The summed E-state index contributed by atoms with van der Waals surface area (Å²) < 4.78 is 20.3. The number of hydrogen-bond acceptors (Lipinski definition) is 8. The zero-order chi connectivity index (χ0) is 22.8. The summed E-state index contributed by atoms with van der Waals surface area (Å²) >= 11 is 0. The Kier molecular flexibility index (Phi) is 5.50. The monoisotopic (exact) mass is 441 g/mol. The molecule has 0 amide bonds. The quantitative estimate of drug-likeness (QED) is 0.493. The second-order valence-electron chi connectivity index (χ2n) is 7.80. The predicted molar refractivity (Wildman–Crippen MR) is 119 cm³/mol. The van der Waals surface area contributed by atoms with E-state index >= 15 is 0 Å². The van der Waals surface area contributed by atoms with Crippen LogP contribution < -0.4 is 5.32 Å². The molecule has 1 aliphatic heterocycles. The van der Waals surface area contributed by atoms with Crippen LogP contribution in [0.3, 0.4) is 0 Å². The number of anilines is 2. The fourth-order valence-corrected chi connectivity index (χ4v) is 3.85. The van der Waals surface area contributed by atoms with Crippen LogP contribution in [0.4, 0.5) is 15.9 Å². The van der Waals surface area contributed by atoms with E-state index in [0.717, 1.165) is 29.8 Å². The number of hydrogen-bond donors (Lipinski definition) is 1. The second kappa shape index (κ2) is 8.76. The minimum Gasteiger partial charge on any atom is -0.419 e. The molecule has 0 saturated carbocycles. The molecule has 0 saturated heterocycles. The van der Waals surface area contributed by atoms with E-state index in [-0.39, 0.29) is 11.3 Å². The first kappa shape index (κ1) is 20.7. The van der Waals surface area contributed by atoms with Crippen LogP contribution in [-0.2, 0) is 19.5 Å². The third kappa shape index (κ3) is 4.42. The Labute approximate surface area is 189 Å². The van der Waals surface area contributed by atoms with Gasteiger partial charge in [0.1, 0.15) is 17.5 Å². The molecule has 8 nitrogen and oxygen atoms in total. The van der Waals surface area contributed by atoms with Gasteiger partial charge in [-0.05, 0) is 37.3 Å². The van der Waals surface area contributed by atoms with Gasteiger partial charge >= 0.3 is 0 Å². The molecule has 9 heteroatoms. The van der Waals surface area contributed by atoms with Gasteiger partial charge in [0.05, 0.1) is 29.6 Å². The van der Waals surface area contributed by atoms with Gasteiger partial charge in [-0.15, -0.1) is 10.2 Å². The number of nitriles is 1. The molecule has 0 spiro atoms. The zero-order valence-corrected chi connectivity index (χ0v) is 17.9. The lowest BCUT2D eigenvalue weighted by molar-refractivity contribution is 0.220. The number of nitrogens with zero attached hydrogens (tertiary/aromatic N) is 6. The summed E-state index contributed by atoms with van der Waals surface area (Å²) in [6.07, 6.45) is 0.725. The molecule has 164 valence electrons. The van der Waals surface area contributed by atoms with Crippen molar-refractivity contribution in [3.63, 3.8) is 0 Å². The molecule has 0 radical (unpaired) electrons. The molecule has 33 heavy (non-hydrogen) atoms. The van der Waals surface area contributed by atoms with Gasteiger partial charge in [0.25, 0.3) is 0 Å². The molecule has 0 bridgehead atoms. The highest BCUT2D eigenvalue weighted by molar-refractivity contribution is 5.62. The Morgan fingerprint density at radius 3 is 2.79 bits per heavy atom. The number of aryl methyl sites for hydroxylation is 1. The summed E-state index contributed by atoms with van der Waals surface area (Å²) in [6.45, 7) is 3.63. The predicted octanol–water partition coefficient (Wildman–Crippen LogP) is 4.15. The van der Waals surface area contributed by atoms with Crippen LogP contribution in [0, 0.1) is 24.1 Å². The Morgan fingerprint density at radius 2 is 2.00 bits per heavy atom. The Balaban J connectivity index is 1.37. The number of benzene rings is 2. The standard InChI is InChI=1S/C24H20FN7O/c1-15-27-20-9-10-32(14-22-30-31-24(33-22)17-5-3-2-4-6-17)13-18(20)23(28-15)29-21-8-7-16(12-26)11-19(21)25/h2-8,11H,9-10,13-14H2,1H3,(H,27,28,29). The van der Waals surface area contributed by atoms with E-state index in [0.29, 0.717) is 36.5 Å². The Hall–Kier alpha value is -4.16. The minimum atomic E-state index is -0.508. The molecule has 2 aromatic heterocycles. The number of halogens is 1. The van der Waals surface area contributed by atoms with Crippen LogP contribution in [-0.4, -0.2) is 31.6 Å². The molecule has 0 atom stereocenters. The molecular weight excluding hydrogens is 421 g/mol. The maximum absolute atomic E-state index is 14.5. The highest BCUT2D eigenvalue weighted by atomic mass is 19.1. The van der Waals surface area contributed by atoms with E-state index in [9.17, 15) is 4.39 Å². The third-order valence-corrected chi connectivity index (χ3v) is 5.45. The first-order chi connectivity index (χ1) is 16.1. The zero-order valence-electron chi connectivity index (χ0n) is 17.9. The molecular formula is C24H20FN7O. The van der Waals surface area contributed by atoms with E-state index < -0.39 is 5.82 Å². The smallest absolute Gasteiger partial charge is 0.247 e. The van der Waals surface area contributed by atoms with E-state index in [4.69, 9.17) is 9.68 Å². The Morgan fingerprint density at radius 1 is 1.15 bits per heavy atom. The van der Waals surface area contributed by atoms with Gasteiger partial charge in [0.2, 0.25) is 11.8 Å². The molecule has 4 aromatic rings. The maximum Gasteiger partial charge on any atom is 0.247 e. The minimum absolute atomic E-state index is 0.260. The number of rotatable bonds is 5. The van der Waals surface area contributed by atoms with Crippen molar-refractivity contribution in [1.29, 1.82) is 5.26 Å². The first-order valence-corrected chi connectivity index (χ1v) is 10.5. The molecule has 1 N–H and O–H groups in total. The number of fused-ring (bicyclic) bond motifs is 1. The van der Waals surface area contributed by atoms with Crippen molar-refractivity contribution in [2.24, 2.45) is 0 Å². The summed E-state index contributed by atoms with van der Waals surface area (Å²) in [5.74, 6) is 1.68. The van der Waals surface area contributed by atoms with Crippen LogP contribution >= 0.6 is 0 Å². The molecule has 0 unspecified atom stereocenters. The number of aromatic nitrogens is 4. The van der Waals surface area contributed by atoms with Gasteiger partial charge in [-0.25, -0.2) is 14.4 Å². The lowest BCUT2D eigenvalue weighted by Gasteiger charge is -2.28. The van der Waals surface area contributed by atoms with E-state index in [1.165, 1.54) is 6.07 Å². The van der Waals surface area contributed by atoms with Crippen molar-refractivity contribution >= 4 is 11.5 Å². The summed E-state index contributed by atoms with van der Waals surface area (Å²) in [6, 6.07) is 15.9. The van der Waals surface area contributed by atoms with Crippen LogP contribution in [0.5, 0.6) is 0 Å². The maximum atomic E-state index is 14.5. The fourth-order valence-electron chi connectivity index (χ4n) is 3.85. The van der Waals surface area contributed by atoms with Gasteiger partial charge in [-0.1, -0.05) is 18.2 Å². The highest BCUT2D eigenvalue weighted by Crippen LogP contribution is 2.29. The topological polar surface area (TPSA) is 104 Å². The third-order valence-electron chi connectivity index (χ3n) is 5.45. The fraction of sp³-hybridized carbons (Fsp3) is 0.208. The lowest BCUT2D eigenvalue weighted by atomic mass is 10.1. The van der Waals surface area contributed by atoms with Crippen molar-refractivity contribution in [2.45, 2.75) is 26.4 Å². The van der Waals surface area contributed by atoms with E-state index in [1.54, 1.807) is 12.1 Å². The van der Waals surface area contributed by atoms with Crippen LogP contribution in [0.1, 0.15) is 28.5 Å². The number of nitrogens with one attached hydrogen (secondary N) is 1. The van der Waals surface area contributed by atoms with Gasteiger partial charge in [-0.2, -0.15) is 5.26 Å². The average Bonchev–Trinajstić information content (AvgIpc) is 3.29. The summed E-state index contributed by atoms with van der Waals surface area (Å²) in [7, 11) is 0. The average molecular weight is 441 g/mol. The van der Waals surface area contributed by atoms with Crippen LogP contribution in [0.15, 0.2) is 52.9 Å². The van der Waals surface area contributed by atoms with Gasteiger partial charge in [0.15, 0.2) is 0 Å². The van der Waals surface area contributed by atoms with Crippen molar-refractivity contribution < 1.29 is 8.81 Å². The van der Waals surface area contributed by atoms with Gasteiger partial charge < -0.3 is 9.73 Å². The largest absolute Gasteiger partial charge is 0.419 e. The van der Waals surface area contributed by atoms with Crippen molar-refractivity contribution in [3.05, 3.63) is 82.9 Å². The molecule has 5 rings (SSSR count). The Bertz CT molecular complexity index is 1350. The molecule has 3 heterocycles. The summed E-state index contributed by atoms with van der Waals surface area (Å²) in [4.78, 5) is 11.3. The second-order valence-corrected chi connectivity index (χ2v) is 7.80. The normalized spacial score (nSPS) is 13.4. The lowest BCUT2D eigenvalue weighted by Crippen LogP contribution is -2.32. The van der Waals surface area contributed by atoms with Crippen LogP contribution in [0.2, 0.25) is 0 Å². The van der Waals surface area contributed by atoms with E-state index in [1.807, 2.05) is 43.3 Å². The molecule has 1 aliphatic rings. The van der Waals surface area contributed by atoms with Crippen molar-refractivity contribution in [1.82, 2.24) is 25.1 Å².